The monoisotopic (exact) mass is 572 g/mol. The molecule has 5 aromatic rings. The van der Waals surface area contributed by atoms with Crippen LogP contribution in [0.1, 0.15) is 34.9 Å². The number of thiazole rings is 1. The fourth-order valence-electron chi connectivity index (χ4n) is 5.33. The molecule has 8 heteroatoms. The molecule has 2 aromatic heterocycles. The molecule has 0 amide bonds. The largest absolute Gasteiger partial charge is 0.457 e. The number of nitrogens with zero attached hydrogens (tertiary/aromatic N) is 2. The molecule has 0 bridgehead atoms. The Bertz CT molecular complexity index is 1990. The van der Waals surface area contributed by atoms with E-state index in [1.54, 1.807) is 34.9 Å². The van der Waals surface area contributed by atoms with E-state index in [2.05, 4.69) is 12.1 Å². The number of rotatable bonds is 3. The van der Waals surface area contributed by atoms with Crippen LogP contribution in [0.4, 0.5) is 4.39 Å². The zero-order valence-electron chi connectivity index (χ0n) is 20.3. The van der Waals surface area contributed by atoms with E-state index in [1.807, 2.05) is 30.3 Å². The number of benzene rings is 3. The Balaban J connectivity index is 1.39. The van der Waals surface area contributed by atoms with E-state index in [1.165, 1.54) is 29.0 Å². The number of halogens is 3. The first-order valence-electron chi connectivity index (χ1n) is 12.4. The Morgan fingerprint density at radius 1 is 0.974 bits per heavy atom. The van der Waals surface area contributed by atoms with Crippen LogP contribution in [0.3, 0.4) is 0 Å². The van der Waals surface area contributed by atoms with Crippen molar-refractivity contribution in [2.24, 2.45) is 4.99 Å². The predicted molar refractivity (Wildman–Crippen MR) is 153 cm³/mol. The van der Waals surface area contributed by atoms with Gasteiger partial charge in [-0.25, -0.2) is 9.38 Å². The molecule has 1 aliphatic carbocycles. The standard InChI is InChI=1S/C31H19Cl2FN2O2S/c32-24-13-8-19(15-25(24)33)26-14-11-21(38-26)16-27-30(37)36-29(18-5-9-20(34)10-6-18)23-12-7-17-3-1-2-4-22(17)28(23)35-31(36)39-27/h1-6,8-11,13-16,29H,7,12H2/b27-16+/t29-/m1/s1. The molecule has 3 heterocycles. The summed E-state index contributed by atoms with van der Waals surface area (Å²) in [7, 11) is 0. The van der Waals surface area contributed by atoms with Crippen molar-refractivity contribution >= 4 is 46.3 Å². The lowest BCUT2D eigenvalue weighted by Crippen LogP contribution is -2.38. The van der Waals surface area contributed by atoms with Crippen LogP contribution in [0.5, 0.6) is 0 Å². The molecule has 2 aliphatic rings. The molecule has 0 saturated heterocycles. The molecule has 0 radical (unpaired) electrons. The fourth-order valence-corrected chi connectivity index (χ4v) is 6.61. The third-order valence-corrected chi connectivity index (χ3v) is 8.88. The molecule has 0 unspecified atom stereocenters. The lowest BCUT2D eigenvalue weighted by molar-refractivity contribution is 0.570. The van der Waals surface area contributed by atoms with Crippen LogP contribution >= 0.6 is 34.5 Å². The Kier molecular flexibility index (Phi) is 5.92. The third kappa shape index (κ3) is 4.20. The van der Waals surface area contributed by atoms with Gasteiger partial charge in [-0.15, -0.1) is 0 Å². The Morgan fingerprint density at radius 3 is 2.62 bits per heavy atom. The summed E-state index contributed by atoms with van der Waals surface area (Å²) in [5, 5.41) is 0.904. The summed E-state index contributed by atoms with van der Waals surface area (Å²) in [5.41, 5.74) is 5.77. The van der Waals surface area contributed by atoms with Gasteiger partial charge in [0, 0.05) is 17.2 Å². The maximum Gasteiger partial charge on any atom is 0.271 e. The summed E-state index contributed by atoms with van der Waals surface area (Å²) in [6, 6.07) is 23.2. The topological polar surface area (TPSA) is 47.5 Å². The van der Waals surface area contributed by atoms with Crippen LogP contribution in [-0.2, 0) is 6.42 Å². The molecule has 4 nitrogen and oxygen atoms in total. The summed E-state index contributed by atoms with van der Waals surface area (Å²) in [6.45, 7) is 0. The number of aryl methyl sites for hydroxylation is 1. The summed E-state index contributed by atoms with van der Waals surface area (Å²) in [5.74, 6) is 0.836. The number of aromatic nitrogens is 1. The highest BCUT2D eigenvalue weighted by molar-refractivity contribution is 7.07. The highest BCUT2D eigenvalue weighted by atomic mass is 35.5. The predicted octanol–water partition coefficient (Wildman–Crippen LogP) is 7.02. The summed E-state index contributed by atoms with van der Waals surface area (Å²) in [6.07, 6.45) is 3.37. The van der Waals surface area contributed by atoms with Gasteiger partial charge in [-0.05, 0) is 72.0 Å². The van der Waals surface area contributed by atoms with Crippen molar-refractivity contribution in [1.82, 2.24) is 4.57 Å². The van der Waals surface area contributed by atoms with Gasteiger partial charge in [-0.2, -0.15) is 0 Å². The first kappa shape index (κ1) is 24.3. The first-order chi connectivity index (χ1) is 19.0. The van der Waals surface area contributed by atoms with E-state index in [0.29, 0.717) is 30.9 Å². The van der Waals surface area contributed by atoms with E-state index in [9.17, 15) is 9.18 Å². The second-order valence-corrected chi connectivity index (χ2v) is 11.3. The number of hydrogen-bond acceptors (Lipinski definition) is 4. The average Bonchev–Trinajstić information content (AvgIpc) is 3.54. The zero-order valence-corrected chi connectivity index (χ0v) is 22.7. The molecule has 3 aromatic carbocycles. The van der Waals surface area contributed by atoms with Crippen LogP contribution in [0.2, 0.25) is 10.0 Å². The van der Waals surface area contributed by atoms with E-state index >= 15 is 0 Å². The zero-order chi connectivity index (χ0) is 26.7. The van der Waals surface area contributed by atoms with Gasteiger partial charge in [-0.1, -0.05) is 70.9 Å². The normalized spacial score (nSPS) is 16.5. The van der Waals surface area contributed by atoms with E-state index < -0.39 is 0 Å². The molecule has 1 aliphatic heterocycles. The molecule has 0 N–H and O–H groups in total. The molecule has 39 heavy (non-hydrogen) atoms. The van der Waals surface area contributed by atoms with Gasteiger partial charge in [0.25, 0.3) is 5.56 Å². The molecule has 0 fully saturated rings. The number of fused-ring (bicyclic) bond motifs is 3. The minimum Gasteiger partial charge on any atom is -0.457 e. The SMILES string of the molecule is O=c1/c(=C\c2ccc(-c3ccc(Cl)c(Cl)c3)o2)sc2n1[C@H](c1ccc(F)cc1)C1=C(N=2)c2ccccc2CC1. The third-order valence-electron chi connectivity index (χ3n) is 7.16. The summed E-state index contributed by atoms with van der Waals surface area (Å²) >= 11 is 13.5. The quantitative estimate of drug-likeness (QED) is 0.233. The Labute approximate surface area is 236 Å². The molecule has 192 valence electrons. The molecule has 0 spiro atoms. The lowest BCUT2D eigenvalue weighted by atomic mass is 9.83. The van der Waals surface area contributed by atoms with Crippen LogP contribution < -0.4 is 14.9 Å². The first-order valence-corrected chi connectivity index (χ1v) is 14.0. The molecule has 7 rings (SSSR count). The van der Waals surface area contributed by atoms with Crippen LogP contribution in [-0.4, -0.2) is 4.57 Å². The highest BCUT2D eigenvalue weighted by Gasteiger charge is 2.32. The van der Waals surface area contributed by atoms with Crippen LogP contribution in [0.15, 0.2) is 98.6 Å². The Morgan fingerprint density at radius 2 is 1.79 bits per heavy atom. The van der Waals surface area contributed by atoms with Crippen LogP contribution in [0, 0.1) is 5.82 Å². The molecule has 1 atom stereocenters. The van der Waals surface area contributed by atoms with Crippen molar-refractivity contribution in [3.63, 3.8) is 0 Å². The van der Waals surface area contributed by atoms with Crippen molar-refractivity contribution in [3.05, 3.63) is 142 Å². The molecule has 0 saturated carbocycles. The van der Waals surface area contributed by atoms with Crippen LogP contribution in [0.25, 0.3) is 23.1 Å². The van der Waals surface area contributed by atoms with Gasteiger partial charge in [0.05, 0.1) is 26.3 Å². The van der Waals surface area contributed by atoms with Gasteiger partial charge < -0.3 is 4.42 Å². The molecular weight excluding hydrogens is 554 g/mol. The highest BCUT2D eigenvalue weighted by Crippen LogP contribution is 2.41. The number of hydrogen-bond donors (Lipinski definition) is 0. The van der Waals surface area contributed by atoms with E-state index in [-0.39, 0.29) is 17.4 Å². The van der Waals surface area contributed by atoms with Gasteiger partial charge in [0.15, 0.2) is 4.80 Å². The fraction of sp³-hybridized carbons (Fsp3) is 0.0968. The smallest absolute Gasteiger partial charge is 0.271 e. The summed E-state index contributed by atoms with van der Waals surface area (Å²) < 4.78 is 22.1. The Hall–Kier alpha value is -3.71. The summed E-state index contributed by atoms with van der Waals surface area (Å²) in [4.78, 5) is 19.5. The average molecular weight is 573 g/mol. The molecular formula is C31H19Cl2FN2O2S. The van der Waals surface area contributed by atoms with Gasteiger partial charge in [0.2, 0.25) is 0 Å². The van der Waals surface area contributed by atoms with Gasteiger partial charge in [0.1, 0.15) is 17.3 Å². The van der Waals surface area contributed by atoms with Crippen molar-refractivity contribution < 1.29 is 8.81 Å². The van der Waals surface area contributed by atoms with Crippen molar-refractivity contribution in [1.29, 1.82) is 0 Å². The number of allylic oxidation sites excluding steroid dienone is 1. The maximum absolute atomic E-state index is 13.9. The maximum atomic E-state index is 13.9. The van der Waals surface area contributed by atoms with Crippen molar-refractivity contribution in [2.75, 3.05) is 0 Å². The van der Waals surface area contributed by atoms with E-state index in [4.69, 9.17) is 32.6 Å². The second kappa shape index (κ2) is 9.49. The second-order valence-electron chi connectivity index (χ2n) is 9.50. The lowest BCUT2D eigenvalue weighted by Gasteiger charge is -2.30. The van der Waals surface area contributed by atoms with Crippen molar-refractivity contribution in [3.8, 4) is 11.3 Å². The van der Waals surface area contributed by atoms with E-state index in [0.717, 1.165) is 40.8 Å². The van der Waals surface area contributed by atoms with Gasteiger partial charge >= 0.3 is 0 Å². The van der Waals surface area contributed by atoms with Crippen molar-refractivity contribution in [2.45, 2.75) is 18.9 Å². The number of furan rings is 1. The minimum absolute atomic E-state index is 0.161. The van der Waals surface area contributed by atoms with Gasteiger partial charge in [-0.3, -0.25) is 9.36 Å². The minimum atomic E-state index is -0.365.